The molecule has 1 aliphatic rings. The molecule has 1 heterocycles. The molecule has 1 aromatic carbocycles. The third-order valence-corrected chi connectivity index (χ3v) is 3.68. The summed E-state index contributed by atoms with van der Waals surface area (Å²) in [5, 5.41) is 9.87. The number of likely N-dealkylation sites (tertiary alicyclic amines) is 1. The summed E-state index contributed by atoms with van der Waals surface area (Å²) in [6.07, 6.45) is 1.70. The van der Waals surface area contributed by atoms with Gasteiger partial charge in [-0.3, -0.25) is 9.69 Å². The van der Waals surface area contributed by atoms with Gasteiger partial charge in [-0.15, -0.1) is 0 Å². The molecule has 0 radical (unpaired) electrons. The number of hydrogen-bond donors (Lipinski definition) is 1. The lowest BCUT2D eigenvalue weighted by Gasteiger charge is -2.28. The first-order chi connectivity index (χ1) is 8.09. The number of hydrogen-bond acceptors (Lipinski definition) is 2. The average Bonchev–Trinajstić information content (AvgIpc) is 2.78. The topological polar surface area (TPSA) is 40.5 Å². The van der Waals surface area contributed by atoms with E-state index in [1.807, 2.05) is 36.1 Å². The average molecular weight is 254 g/mol. The van der Waals surface area contributed by atoms with Crippen LogP contribution in [-0.2, 0) is 4.79 Å². The molecule has 1 saturated heterocycles. The van der Waals surface area contributed by atoms with Gasteiger partial charge in [0.05, 0.1) is 0 Å². The lowest BCUT2D eigenvalue weighted by molar-refractivity contribution is -0.142. The van der Waals surface area contributed by atoms with Gasteiger partial charge >= 0.3 is 5.97 Å². The third kappa shape index (κ3) is 2.61. The van der Waals surface area contributed by atoms with Gasteiger partial charge in [0.2, 0.25) is 0 Å². The molecule has 0 aliphatic carbocycles. The largest absolute Gasteiger partial charge is 0.480 e. The lowest BCUT2D eigenvalue weighted by atomic mass is 10.1. The number of halogens is 1. The molecule has 1 aromatic rings. The smallest absolute Gasteiger partial charge is 0.320 e. The molecule has 3 nitrogen and oxygen atoms in total. The highest BCUT2D eigenvalue weighted by molar-refractivity contribution is 6.30. The fourth-order valence-electron chi connectivity index (χ4n) is 2.45. The molecule has 1 unspecified atom stereocenters. The van der Waals surface area contributed by atoms with Gasteiger partial charge < -0.3 is 5.11 Å². The van der Waals surface area contributed by atoms with Crippen molar-refractivity contribution in [2.45, 2.75) is 31.8 Å². The van der Waals surface area contributed by atoms with Gasteiger partial charge in [0.15, 0.2) is 0 Å². The van der Waals surface area contributed by atoms with Crippen LogP contribution in [0.1, 0.15) is 31.4 Å². The minimum absolute atomic E-state index is 0.121. The van der Waals surface area contributed by atoms with Gasteiger partial charge in [0, 0.05) is 11.1 Å². The molecule has 17 heavy (non-hydrogen) atoms. The molecule has 0 amide bonds. The van der Waals surface area contributed by atoms with Gasteiger partial charge in [-0.1, -0.05) is 23.7 Å². The van der Waals surface area contributed by atoms with E-state index in [1.54, 1.807) is 0 Å². The van der Waals surface area contributed by atoms with Crippen LogP contribution in [0.15, 0.2) is 24.3 Å². The maximum atomic E-state index is 11.1. The predicted octanol–water partition coefficient (Wildman–Crippen LogP) is 2.95. The molecule has 1 aliphatic heterocycles. The second kappa shape index (κ2) is 5.07. The van der Waals surface area contributed by atoms with E-state index in [-0.39, 0.29) is 12.1 Å². The van der Waals surface area contributed by atoms with Crippen molar-refractivity contribution in [3.8, 4) is 0 Å². The standard InChI is InChI=1S/C13H16ClNO2/c1-9(10-4-6-11(14)7-5-10)15-8-2-3-12(15)13(16)17/h4-7,9,12H,2-3,8H2,1H3,(H,16,17)/t9?,12-/m0/s1. The van der Waals surface area contributed by atoms with Crippen molar-refractivity contribution in [1.82, 2.24) is 4.90 Å². The van der Waals surface area contributed by atoms with E-state index in [9.17, 15) is 4.79 Å². The maximum Gasteiger partial charge on any atom is 0.320 e. The second-order valence-corrected chi connectivity index (χ2v) is 4.90. The summed E-state index contributed by atoms with van der Waals surface area (Å²) in [6, 6.07) is 7.39. The van der Waals surface area contributed by atoms with Gasteiger partial charge in [0.1, 0.15) is 6.04 Å². The lowest BCUT2D eigenvalue weighted by Crippen LogP contribution is -2.37. The van der Waals surface area contributed by atoms with Gasteiger partial charge in [-0.25, -0.2) is 0 Å². The number of benzene rings is 1. The number of rotatable bonds is 3. The van der Waals surface area contributed by atoms with Crippen molar-refractivity contribution in [3.63, 3.8) is 0 Å². The normalized spacial score (nSPS) is 22.6. The van der Waals surface area contributed by atoms with E-state index < -0.39 is 5.97 Å². The van der Waals surface area contributed by atoms with E-state index in [0.717, 1.165) is 24.9 Å². The summed E-state index contributed by atoms with van der Waals surface area (Å²) in [4.78, 5) is 13.2. The summed E-state index contributed by atoms with van der Waals surface area (Å²) in [6.45, 7) is 2.89. The first kappa shape index (κ1) is 12.4. The van der Waals surface area contributed by atoms with Crippen molar-refractivity contribution in [2.24, 2.45) is 0 Å². The van der Waals surface area contributed by atoms with Crippen LogP contribution in [0.5, 0.6) is 0 Å². The predicted molar refractivity (Wildman–Crippen MR) is 67.2 cm³/mol. The SMILES string of the molecule is CC(c1ccc(Cl)cc1)N1CCC[C@H]1C(=O)O. The van der Waals surface area contributed by atoms with Crippen LogP contribution in [0, 0.1) is 0 Å². The summed E-state index contributed by atoms with van der Waals surface area (Å²) < 4.78 is 0. The zero-order valence-corrected chi connectivity index (χ0v) is 10.5. The molecular weight excluding hydrogens is 238 g/mol. The third-order valence-electron chi connectivity index (χ3n) is 3.43. The Morgan fingerprint density at radius 2 is 2.12 bits per heavy atom. The van der Waals surface area contributed by atoms with Gasteiger partial charge in [0.25, 0.3) is 0 Å². The van der Waals surface area contributed by atoms with Crippen LogP contribution < -0.4 is 0 Å². The molecule has 1 N–H and O–H groups in total. The minimum Gasteiger partial charge on any atom is -0.480 e. The molecule has 1 fully saturated rings. The second-order valence-electron chi connectivity index (χ2n) is 4.46. The summed E-state index contributed by atoms with van der Waals surface area (Å²) in [5.74, 6) is -0.719. The highest BCUT2D eigenvalue weighted by atomic mass is 35.5. The molecule has 2 atom stereocenters. The molecule has 0 spiro atoms. The van der Waals surface area contributed by atoms with E-state index in [0.29, 0.717) is 5.02 Å². The number of carbonyl (C=O) groups is 1. The molecule has 2 rings (SSSR count). The first-order valence-electron chi connectivity index (χ1n) is 5.83. The fourth-order valence-corrected chi connectivity index (χ4v) is 2.58. The van der Waals surface area contributed by atoms with Gasteiger partial charge in [-0.2, -0.15) is 0 Å². The highest BCUT2D eigenvalue weighted by Crippen LogP contribution is 2.29. The Morgan fingerprint density at radius 3 is 2.71 bits per heavy atom. The molecule has 4 heteroatoms. The number of carboxylic acid groups (broad SMARTS) is 1. The molecule has 0 bridgehead atoms. The van der Waals surface area contributed by atoms with E-state index in [4.69, 9.17) is 16.7 Å². The number of aliphatic carboxylic acids is 1. The zero-order chi connectivity index (χ0) is 12.4. The van der Waals surface area contributed by atoms with Gasteiger partial charge in [-0.05, 0) is 44.0 Å². The van der Waals surface area contributed by atoms with Crippen molar-refractivity contribution in [2.75, 3.05) is 6.54 Å². The maximum absolute atomic E-state index is 11.1. The number of nitrogens with zero attached hydrogens (tertiary/aromatic N) is 1. The molecule has 0 aromatic heterocycles. The summed E-state index contributed by atoms with van der Waals surface area (Å²) in [5.41, 5.74) is 1.11. The quantitative estimate of drug-likeness (QED) is 0.900. The van der Waals surface area contributed by atoms with Crippen LogP contribution in [0.2, 0.25) is 5.02 Å². The fraction of sp³-hybridized carbons (Fsp3) is 0.462. The van der Waals surface area contributed by atoms with Crippen molar-refractivity contribution < 1.29 is 9.90 Å². The van der Waals surface area contributed by atoms with E-state index >= 15 is 0 Å². The van der Waals surface area contributed by atoms with Crippen LogP contribution in [0.25, 0.3) is 0 Å². The van der Waals surface area contributed by atoms with E-state index in [1.165, 1.54) is 0 Å². The van der Waals surface area contributed by atoms with Crippen molar-refractivity contribution in [3.05, 3.63) is 34.9 Å². The molecular formula is C13H16ClNO2. The van der Waals surface area contributed by atoms with Crippen LogP contribution in [0.4, 0.5) is 0 Å². The molecule has 92 valence electrons. The van der Waals surface area contributed by atoms with Crippen LogP contribution in [0.3, 0.4) is 0 Å². The number of carboxylic acids is 1. The van der Waals surface area contributed by atoms with Crippen molar-refractivity contribution >= 4 is 17.6 Å². The Bertz CT molecular complexity index is 404. The summed E-state index contributed by atoms with van der Waals surface area (Å²) in [7, 11) is 0. The van der Waals surface area contributed by atoms with Crippen molar-refractivity contribution in [1.29, 1.82) is 0 Å². The Morgan fingerprint density at radius 1 is 1.47 bits per heavy atom. The first-order valence-corrected chi connectivity index (χ1v) is 6.21. The Hall–Kier alpha value is -1.06. The Kier molecular flexibility index (Phi) is 3.69. The Labute approximate surface area is 106 Å². The monoisotopic (exact) mass is 253 g/mol. The van der Waals surface area contributed by atoms with Crippen LogP contribution in [-0.4, -0.2) is 28.6 Å². The Balaban J connectivity index is 2.16. The van der Waals surface area contributed by atoms with E-state index in [2.05, 4.69) is 0 Å². The zero-order valence-electron chi connectivity index (χ0n) is 9.77. The highest BCUT2D eigenvalue weighted by Gasteiger charge is 2.33. The van der Waals surface area contributed by atoms with Crippen LogP contribution >= 0.6 is 11.6 Å². The minimum atomic E-state index is -0.719. The summed E-state index contributed by atoms with van der Waals surface area (Å²) >= 11 is 5.85. The molecule has 0 saturated carbocycles.